The minimum absolute atomic E-state index is 0.145. The summed E-state index contributed by atoms with van der Waals surface area (Å²) in [5, 5.41) is 6.78. The standard InChI is InChI=1S/C4H8BrN3/c1-8(2)3-7-4(5)6/h3,6H,1-2H3/b6-4?,7-3-. The SMILES string of the molecule is CN(C)/C=N\C(=N)Br. The van der Waals surface area contributed by atoms with E-state index in [-0.39, 0.29) is 4.74 Å². The minimum Gasteiger partial charge on any atom is -0.369 e. The molecule has 0 aromatic heterocycles. The molecule has 0 aromatic rings. The van der Waals surface area contributed by atoms with Gasteiger partial charge in [0.15, 0.2) is 4.74 Å². The average Bonchev–Trinajstić information content (AvgIpc) is 1.61. The van der Waals surface area contributed by atoms with Gasteiger partial charge < -0.3 is 4.90 Å². The van der Waals surface area contributed by atoms with Crippen LogP contribution in [0.5, 0.6) is 0 Å². The van der Waals surface area contributed by atoms with Crippen molar-refractivity contribution in [3.05, 3.63) is 0 Å². The Balaban J connectivity index is 3.50. The topological polar surface area (TPSA) is 39.5 Å². The van der Waals surface area contributed by atoms with Crippen LogP contribution in [0.3, 0.4) is 0 Å². The lowest BCUT2D eigenvalue weighted by Crippen LogP contribution is -2.07. The van der Waals surface area contributed by atoms with Crippen LogP contribution < -0.4 is 0 Å². The molecule has 0 bridgehead atoms. The van der Waals surface area contributed by atoms with Crippen molar-refractivity contribution >= 4 is 27.0 Å². The second-order valence-corrected chi connectivity index (χ2v) is 2.25. The molecule has 0 aliphatic rings. The molecule has 3 nitrogen and oxygen atoms in total. The van der Waals surface area contributed by atoms with Crippen molar-refractivity contribution in [3.63, 3.8) is 0 Å². The molecule has 0 aromatic carbocycles. The molecular weight excluding hydrogens is 170 g/mol. The van der Waals surface area contributed by atoms with Gasteiger partial charge in [0.05, 0.1) is 6.34 Å². The van der Waals surface area contributed by atoms with E-state index in [0.29, 0.717) is 0 Å². The fraction of sp³-hybridized carbons (Fsp3) is 0.500. The van der Waals surface area contributed by atoms with Gasteiger partial charge >= 0.3 is 0 Å². The molecule has 1 N–H and O–H groups in total. The van der Waals surface area contributed by atoms with Gasteiger partial charge in [-0.25, -0.2) is 4.99 Å². The number of rotatable bonds is 1. The van der Waals surface area contributed by atoms with Gasteiger partial charge in [0, 0.05) is 14.1 Å². The molecule has 0 fully saturated rings. The predicted molar refractivity (Wildman–Crippen MR) is 38.8 cm³/mol. The number of hydrogen-bond donors (Lipinski definition) is 1. The van der Waals surface area contributed by atoms with Crippen molar-refractivity contribution in [2.24, 2.45) is 4.99 Å². The second kappa shape index (κ2) is 3.60. The molecule has 0 rings (SSSR count). The summed E-state index contributed by atoms with van der Waals surface area (Å²) in [7, 11) is 3.69. The number of halogens is 1. The molecule has 0 amide bonds. The molecule has 0 aliphatic carbocycles. The smallest absolute Gasteiger partial charge is 0.190 e. The zero-order valence-electron chi connectivity index (χ0n) is 4.85. The highest BCUT2D eigenvalue weighted by Crippen LogP contribution is 1.83. The number of amidine groups is 1. The lowest BCUT2D eigenvalue weighted by Gasteiger charge is -1.99. The molecule has 4 heteroatoms. The fourth-order valence-electron chi connectivity index (χ4n) is 0.166. The van der Waals surface area contributed by atoms with E-state index in [9.17, 15) is 0 Å². The molecule has 8 heavy (non-hydrogen) atoms. The summed E-state index contributed by atoms with van der Waals surface area (Å²) in [4.78, 5) is 5.38. The van der Waals surface area contributed by atoms with E-state index >= 15 is 0 Å². The Labute approximate surface area is 57.0 Å². The molecule has 46 valence electrons. The third kappa shape index (κ3) is 5.62. The molecule has 0 atom stereocenters. The van der Waals surface area contributed by atoms with Crippen molar-refractivity contribution in [1.82, 2.24) is 4.90 Å². The number of nitrogens with zero attached hydrogens (tertiary/aromatic N) is 2. The molecule has 0 spiro atoms. The number of aliphatic imine (C=N–C) groups is 1. The van der Waals surface area contributed by atoms with E-state index < -0.39 is 0 Å². The summed E-state index contributed by atoms with van der Waals surface area (Å²) < 4.78 is 0.145. The van der Waals surface area contributed by atoms with Gasteiger partial charge in [-0.3, -0.25) is 5.41 Å². The summed E-state index contributed by atoms with van der Waals surface area (Å²) in [5.74, 6) is 0. The van der Waals surface area contributed by atoms with E-state index in [0.717, 1.165) is 0 Å². The van der Waals surface area contributed by atoms with Gasteiger partial charge in [-0.2, -0.15) is 0 Å². The summed E-state index contributed by atoms with van der Waals surface area (Å²) in [6.45, 7) is 0. The molecule has 0 saturated heterocycles. The van der Waals surface area contributed by atoms with E-state index in [1.54, 1.807) is 11.2 Å². The maximum absolute atomic E-state index is 6.78. The third-order valence-corrected chi connectivity index (χ3v) is 0.607. The van der Waals surface area contributed by atoms with Crippen molar-refractivity contribution < 1.29 is 0 Å². The Morgan fingerprint density at radius 2 is 2.25 bits per heavy atom. The van der Waals surface area contributed by atoms with Crippen molar-refractivity contribution in [1.29, 1.82) is 5.41 Å². The van der Waals surface area contributed by atoms with E-state index in [4.69, 9.17) is 5.41 Å². The van der Waals surface area contributed by atoms with Gasteiger partial charge in [-0.15, -0.1) is 0 Å². The summed E-state index contributed by atoms with van der Waals surface area (Å²) in [5.41, 5.74) is 0. The van der Waals surface area contributed by atoms with Crippen LogP contribution in [0.4, 0.5) is 0 Å². The van der Waals surface area contributed by atoms with Crippen LogP contribution in [0.1, 0.15) is 0 Å². The minimum atomic E-state index is 0.145. The third-order valence-electron chi connectivity index (χ3n) is 0.402. The second-order valence-electron chi connectivity index (χ2n) is 1.50. The molecule has 0 unspecified atom stereocenters. The van der Waals surface area contributed by atoms with E-state index in [1.165, 1.54) is 0 Å². The van der Waals surface area contributed by atoms with E-state index in [1.807, 2.05) is 14.1 Å². The van der Waals surface area contributed by atoms with Crippen LogP contribution in [0, 0.1) is 5.41 Å². The average molecular weight is 178 g/mol. The van der Waals surface area contributed by atoms with Gasteiger partial charge in [0.1, 0.15) is 0 Å². The van der Waals surface area contributed by atoms with E-state index in [2.05, 4.69) is 20.9 Å². The quantitative estimate of drug-likeness (QED) is 0.361. The van der Waals surface area contributed by atoms with Gasteiger partial charge in [-0.05, 0) is 15.9 Å². The fourth-order valence-corrected chi connectivity index (χ4v) is 0.258. The Morgan fingerprint density at radius 3 is 2.38 bits per heavy atom. The number of nitrogens with one attached hydrogen (secondary N) is 1. The number of hydrogen-bond acceptors (Lipinski definition) is 1. The highest BCUT2D eigenvalue weighted by Gasteiger charge is 1.78. The lowest BCUT2D eigenvalue weighted by molar-refractivity contribution is 0.644. The normalized spacial score (nSPS) is 9.88. The van der Waals surface area contributed by atoms with Crippen LogP contribution in [-0.2, 0) is 0 Å². The first-order valence-corrected chi connectivity index (χ1v) is 2.87. The molecule has 0 aliphatic heterocycles. The van der Waals surface area contributed by atoms with Crippen molar-refractivity contribution in [2.45, 2.75) is 0 Å². The molecule has 0 radical (unpaired) electrons. The maximum atomic E-state index is 6.78. The zero-order valence-corrected chi connectivity index (χ0v) is 6.44. The predicted octanol–water partition coefficient (Wildman–Crippen LogP) is 0.906. The summed E-state index contributed by atoms with van der Waals surface area (Å²) >= 11 is 2.86. The first kappa shape index (κ1) is 7.62. The van der Waals surface area contributed by atoms with Crippen LogP contribution in [0.2, 0.25) is 0 Å². The van der Waals surface area contributed by atoms with Crippen molar-refractivity contribution in [2.75, 3.05) is 14.1 Å². The van der Waals surface area contributed by atoms with Crippen molar-refractivity contribution in [3.8, 4) is 0 Å². The molecular formula is C4H8BrN3. The first-order chi connectivity index (χ1) is 3.63. The van der Waals surface area contributed by atoms with Crippen LogP contribution in [-0.4, -0.2) is 30.1 Å². The first-order valence-electron chi connectivity index (χ1n) is 2.07. The Kier molecular flexibility index (Phi) is 3.43. The van der Waals surface area contributed by atoms with Gasteiger partial charge in [0.25, 0.3) is 0 Å². The zero-order chi connectivity index (χ0) is 6.57. The van der Waals surface area contributed by atoms with Crippen LogP contribution in [0.15, 0.2) is 4.99 Å². The molecule has 0 saturated carbocycles. The van der Waals surface area contributed by atoms with Crippen LogP contribution >= 0.6 is 15.9 Å². The highest BCUT2D eigenvalue weighted by atomic mass is 79.9. The van der Waals surface area contributed by atoms with Crippen LogP contribution in [0.25, 0.3) is 0 Å². The summed E-state index contributed by atoms with van der Waals surface area (Å²) in [6, 6.07) is 0. The maximum Gasteiger partial charge on any atom is 0.190 e. The monoisotopic (exact) mass is 177 g/mol. The Morgan fingerprint density at radius 1 is 1.75 bits per heavy atom. The van der Waals surface area contributed by atoms with Gasteiger partial charge in [0.2, 0.25) is 0 Å². The van der Waals surface area contributed by atoms with Gasteiger partial charge in [-0.1, -0.05) is 0 Å². The molecule has 0 heterocycles. The Bertz CT molecular complexity index is 108. The Hall–Kier alpha value is -0.380. The lowest BCUT2D eigenvalue weighted by atomic mass is 10.9. The highest BCUT2D eigenvalue weighted by molar-refractivity contribution is 9.18. The largest absolute Gasteiger partial charge is 0.369 e. The summed E-state index contributed by atoms with van der Waals surface area (Å²) in [6.07, 6.45) is 1.55.